The van der Waals surface area contributed by atoms with Crippen molar-refractivity contribution in [2.75, 3.05) is 39.3 Å². The molecule has 2 aromatic rings. The van der Waals surface area contributed by atoms with Crippen LogP contribution in [0.1, 0.15) is 55.7 Å². The molecule has 0 spiro atoms. The fraction of sp³-hybridized carbons (Fsp3) is 0.545. The number of rotatable bonds is 9. The number of alkyl halides is 3. The smallest absolute Gasteiger partial charge is 0.475 e. The summed E-state index contributed by atoms with van der Waals surface area (Å²) in [4.78, 5) is 40.7. The maximum absolute atomic E-state index is 13.6. The molecule has 0 saturated carbocycles. The molecule has 2 fully saturated rings. The molecule has 236 valence electrons. The average Bonchev–Trinajstić information content (AvgIpc) is 2.98. The minimum atomic E-state index is -5.08. The largest absolute Gasteiger partial charge is 0.490 e. The van der Waals surface area contributed by atoms with Gasteiger partial charge in [-0.1, -0.05) is 60.2 Å². The summed E-state index contributed by atoms with van der Waals surface area (Å²) < 4.78 is 31.7. The van der Waals surface area contributed by atoms with Gasteiger partial charge >= 0.3 is 12.1 Å². The Bertz CT molecular complexity index is 1160. The summed E-state index contributed by atoms with van der Waals surface area (Å²) in [6.45, 7) is 9.95. The van der Waals surface area contributed by atoms with Gasteiger partial charge in [0.1, 0.15) is 0 Å². The first-order valence-corrected chi connectivity index (χ1v) is 15.1. The number of carboxylic acids is 1. The number of piperidine rings is 2. The molecular formula is C33H44F3N3O4. The molecule has 0 atom stereocenters. The molecule has 0 radical (unpaired) electrons. The summed E-state index contributed by atoms with van der Waals surface area (Å²) in [6, 6.07) is 19.4. The van der Waals surface area contributed by atoms with Crippen molar-refractivity contribution in [2.45, 2.75) is 65.1 Å². The van der Waals surface area contributed by atoms with Crippen LogP contribution in [-0.4, -0.2) is 83.0 Å². The molecule has 0 unspecified atom stereocenters. The van der Waals surface area contributed by atoms with E-state index in [0.717, 1.165) is 51.4 Å². The fourth-order valence-corrected chi connectivity index (χ4v) is 5.73. The molecule has 1 N–H and O–H groups in total. The van der Waals surface area contributed by atoms with Crippen molar-refractivity contribution in [3.8, 4) is 0 Å². The number of nitrogens with zero attached hydrogens (tertiary/aromatic N) is 3. The predicted octanol–water partition coefficient (Wildman–Crippen LogP) is 5.56. The number of likely N-dealkylation sites (tertiary alicyclic amines) is 2. The zero-order valence-corrected chi connectivity index (χ0v) is 25.2. The Morgan fingerprint density at radius 3 is 2.00 bits per heavy atom. The predicted molar refractivity (Wildman–Crippen MR) is 159 cm³/mol. The summed E-state index contributed by atoms with van der Waals surface area (Å²) in [5.41, 5.74) is 3.89. The van der Waals surface area contributed by atoms with E-state index in [1.165, 1.54) is 36.0 Å². The van der Waals surface area contributed by atoms with Gasteiger partial charge in [-0.3, -0.25) is 9.59 Å². The molecule has 0 bridgehead atoms. The van der Waals surface area contributed by atoms with Crippen LogP contribution in [0.15, 0.2) is 54.6 Å². The highest BCUT2D eigenvalue weighted by atomic mass is 19.4. The van der Waals surface area contributed by atoms with Gasteiger partial charge in [-0.25, -0.2) is 4.79 Å². The van der Waals surface area contributed by atoms with E-state index in [2.05, 4.69) is 71.3 Å². The van der Waals surface area contributed by atoms with Gasteiger partial charge in [-0.05, 0) is 82.1 Å². The summed E-state index contributed by atoms with van der Waals surface area (Å²) in [5.74, 6) is -1.57. The van der Waals surface area contributed by atoms with Crippen LogP contribution < -0.4 is 0 Å². The van der Waals surface area contributed by atoms with Gasteiger partial charge in [-0.15, -0.1) is 0 Å². The molecule has 2 aliphatic heterocycles. The number of carbonyl (C=O) groups is 3. The van der Waals surface area contributed by atoms with Gasteiger partial charge < -0.3 is 19.8 Å². The molecule has 2 aromatic carbocycles. The van der Waals surface area contributed by atoms with Gasteiger partial charge in [-0.2, -0.15) is 13.2 Å². The highest BCUT2D eigenvalue weighted by Crippen LogP contribution is 2.23. The van der Waals surface area contributed by atoms with Crippen LogP contribution in [0, 0.1) is 18.8 Å². The third-order valence-electron chi connectivity index (χ3n) is 8.31. The number of hydrogen-bond donors (Lipinski definition) is 1. The third kappa shape index (κ3) is 11.7. The molecule has 43 heavy (non-hydrogen) atoms. The minimum absolute atomic E-state index is 0.0276. The monoisotopic (exact) mass is 603 g/mol. The number of carboxylic acid groups (broad SMARTS) is 1. The van der Waals surface area contributed by atoms with E-state index >= 15 is 0 Å². The lowest BCUT2D eigenvalue weighted by molar-refractivity contribution is -0.192. The molecule has 7 nitrogen and oxygen atoms in total. The second-order valence-corrected chi connectivity index (χ2v) is 11.7. The molecule has 4 rings (SSSR count). The van der Waals surface area contributed by atoms with Crippen LogP contribution >= 0.6 is 0 Å². The molecule has 10 heteroatoms. The minimum Gasteiger partial charge on any atom is -0.475 e. The number of aliphatic carboxylic acids is 1. The van der Waals surface area contributed by atoms with E-state index < -0.39 is 12.1 Å². The maximum atomic E-state index is 13.6. The van der Waals surface area contributed by atoms with E-state index in [4.69, 9.17) is 9.90 Å². The Hall–Kier alpha value is -3.40. The van der Waals surface area contributed by atoms with Crippen LogP contribution in [0.2, 0.25) is 0 Å². The summed E-state index contributed by atoms with van der Waals surface area (Å²) >= 11 is 0. The highest BCUT2D eigenvalue weighted by molar-refractivity contribution is 5.79. The quantitative estimate of drug-likeness (QED) is 0.406. The van der Waals surface area contributed by atoms with Gasteiger partial charge in [0.2, 0.25) is 11.8 Å². The number of carbonyl (C=O) groups excluding carboxylic acids is 2. The van der Waals surface area contributed by atoms with Crippen molar-refractivity contribution >= 4 is 17.8 Å². The Balaban J connectivity index is 0.000000646. The Kier molecular flexibility index (Phi) is 13.0. The second kappa shape index (κ2) is 16.4. The lowest BCUT2D eigenvalue weighted by Gasteiger charge is -2.35. The van der Waals surface area contributed by atoms with Crippen molar-refractivity contribution in [1.82, 2.24) is 14.7 Å². The first kappa shape index (κ1) is 34.1. The van der Waals surface area contributed by atoms with Gasteiger partial charge in [0.05, 0.1) is 0 Å². The van der Waals surface area contributed by atoms with Crippen molar-refractivity contribution in [1.29, 1.82) is 0 Å². The van der Waals surface area contributed by atoms with Crippen molar-refractivity contribution < 1.29 is 32.7 Å². The lowest BCUT2D eigenvalue weighted by Crippen LogP contribution is -2.44. The first-order chi connectivity index (χ1) is 20.4. The Morgan fingerprint density at radius 2 is 1.47 bits per heavy atom. The number of amides is 2. The van der Waals surface area contributed by atoms with Crippen molar-refractivity contribution in [3.63, 3.8) is 0 Å². The van der Waals surface area contributed by atoms with Crippen LogP contribution in [0.25, 0.3) is 0 Å². The summed E-state index contributed by atoms with van der Waals surface area (Å²) in [5, 5.41) is 7.12. The molecule has 2 saturated heterocycles. The zero-order chi connectivity index (χ0) is 31.4. The summed E-state index contributed by atoms with van der Waals surface area (Å²) in [7, 11) is 0. The third-order valence-corrected chi connectivity index (χ3v) is 8.31. The molecule has 2 aliphatic rings. The molecule has 2 heterocycles. The molecule has 2 amide bonds. The van der Waals surface area contributed by atoms with Crippen LogP contribution in [-0.2, 0) is 27.3 Å². The van der Waals surface area contributed by atoms with E-state index in [-0.39, 0.29) is 17.7 Å². The van der Waals surface area contributed by atoms with E-state index in [1.54, 1.807) is 6.92 Å². The standard InChI is InChI=1S/C31H43N3O2.C2HF3O2/c1-25-9-11-29(12-10-25)24-34(31(36)30-15-21-33(22-16-30)26(2)35)18-6-17-32-19-13-28(14-20-32)23-27-7-4-3-5-8-27;3-2(4,5)1(6)7/h3-5,7-12,28,30H,6,13-24H2,1-2H3;(H,6,7). The average molecular weight is 604 g/mol. The lowest BCUT2D eigenvalue weighted by atomic mass is 9.90. The Labute approximate surface area is 252 Å². The Morgan fingerprint density at radius 1 is 0.884 bits per heavy atom. The van der Waals surface area contributed by atoms with Gasteiger partial charge in [0, 0.05) is 39.0 Å². The van der Waals surface area contributed by atoms with Crippen molar-refractivity contribution in [2.24, 2.45) is 11.8 Å². The topological polar surface area (TPSA) is 81.2 Å². The van der Waals surface area contributed by atoms with E-state index in [1.807, 2.05) is 4.90 Å². The SMILES string of the molecule is CC(=O)N1CCC(C(=O)N(CCCN2CCC(Cc3ccccc3)CC2)Cc2ccc(C)cc2)CC1.O=C(O)C(F)(F)F. The number of halogens is 3. The molecule has 0 aliphatic carbocycles. The molecular weight excluding hydrogens is 559 g/mol. The van der Waals surface area contributed by atoms with Gasteiger partial charge in [0.15, 0.2) is 0 Å². The van der Waals surface area contributed by atoms with E-state index in [0.29, 0.717) is 19.6 Å². The first-order valence-electron chi connectivity index (χ1n) is 15.1. The van der Waals surface area contributed by atoms with Crippen LogP contribution in [0.3, 0.4) is 0 Å². The van der Waals surface area contributed by atoms with E-state index in [9.17, 15) is 22.8 Å². The van der Waals surface area contributed by atoms with Crippen molar-refractivity contribution in [3.05, 3.63) is 71.3 Å². The molecule has 0 aromatic heterocycles. The zero-order valence-electron chi connectivity index (χ0n) is 25.2. The fourth-order valence-electron chi connectivity index (χ4n) is 5.73. The highest BCUT2D eigenvalue weighted by Gasteiger charge is 2.38. The number of benzene rings is 2. The normalized spacial score (nSPS) is 16.7. The number of aryl methyl sites for hydroxylation is 1. The van der Waals surface area contributed by atoms with Crippen LogP contribution in [0.4, 0.5) is 13.2 Å². The summed E-state index contributed by atoms with van der Waals surface area (Å²) in [6.07, 6.45) is 1.18. The van der Waals surface area contributed by atoms with Crippen LogP contribution in [0.5, 0.6) is 0 Å². The van der Waals surface area contributed by atoms with Gasteiger partial charge in [0.25, 0.3) is 0 Å². The second-order valence-electron chi connectivity index (χ2n) is 11.7. The maximum Gasteiger partial charge on any atom is 0.490 e. The number of hydrogen-bond acceptors (Lipinski definition) is 4.